The summed E-state index contributed by atoms with van der Waals surface area (Å²) in [6, 6.07) is 7.22. The van der Waals surface area contributed by atoms with Gasteiger partial charge < -0.3 is 15.7 Å². The Balaban J connectivity index is 2.32. The van der Waals surface area contributed by atoms with Gasteiger partial charge in [-0.3, -0.25) is 0 Å². The molecule has 84 valence electrons. The maximum absolute atomic E-state index is 9.46. The first-order chi connectivity index (χ1) is 7.81. The summed E-state index contributed by atoms with van der Waals surface area (Å²) in [7, 11) is 1.91. The number of phenols is 1. The molecule has 0 unspecified atom stereocenters. The first-order valence-electron chi connectivity index (χ1n) is 5.27. The number of pyridine rings is 1. The first kappa shape index (κ1) is 10.7. The molecule has 3 N–H and O–H groups in total. The lowest BCUT2D eigenvalue weighted by atomic mass is 10.1. The smallest absolute Gasteiger partial charge is 0.133 e. The minimum absolute atomic E-state index is 0.261. The molecule has 1 heterocycles. The molecule has 0 bridgehead atoms. The minimum Gasteiger partial charge on any atom is -0.508 e. The van der Waals surface area contributed by atoms with Crippen molar-refractivity contribution >= 4 is 16.6 Å². The molecule has 2 aromatic rings. The predicted molar refractivity (Wildman–Crippen MR) is 65.8 cm³/mol. The molecule has 0 atom stereocenters. The Morgan fingerprint density at radius 1 is 1.25 bits per heavy atom. The van der Waals surface area contributed by atoms with Gasteiger partial charge in [-0.2, -0.15) is 0 Å². The van der Waals surface area contributed by atoms with Crippen LogP contribution < -0.4 is 10.6 Å². The quantitative estimate of drug-likeness (QED) is 0.680. The van der Waals surface area contributed by atoms with Crippen LogP contribution in [0.25, 0.3) is 10.8 Å². The highest BCUT2D eigenvalue weighted by atomic mass is 16.3. The molecule has 0 fully saturated rings. The Bertz CT molecular complexity index is 485. The van der Waals surface area contributed by atoms with Crippen molar-refractivity contribution in [3.63, 3.8) is 0 Å². The van der Waals surface area contributed by atoms with Gasteiger partial charge in [0.25, 0.3) is 0 Å². The van der Waals surface area contributed by atoms with Crippen LogP contribution >= 0.6 is 0 Å². The Kier molecular flexibility index (Phi) is 3.22. The topological polar surface area (TPSA) is 57.2 Å². The normalized spacial score (nSPS) is 10.6. The zero-order valence-corrected chi connectivity index (χ0v) is 9.20. The van der Waals surface area contributed by atoms with Crippen molar-refractivity contribution < 1.29 is 5.11 Å². The Labute approximate surface area is 94.3 Å². The molecule has 0 amide bonds. The fourth-order valence-corrected chi connectivity index (χ4v) is 1.60. The van der Waals surface area contributed by atoms with Crippen molar-refractivity contribution in [3.05, 3.63) is 30.5 Å². The second kappa shape index (κ2) is 4.81. The van der Waals surface area contributed by atoms with Gasteiger partial charge in [-0.15, -0.1) is 0 Å². The predicted octanol–water partition coefficient (Wildman–Crippen LogP) is 1.57. The third-order valence-corrected chi connectivity index (χ3v) is 2.42. The fraction of sp³-hybridized carbons (Fsp3) is 0.250. The molecule has 0 spiro atoms. The molecule has 0 aliphatic carbocycles. The van der Waals surface area contributed by atoms with E-state index in [0.29, 0.717) is 0 Å². The summed E-state index contributed by atoms with van der Waals surface area (Å²) in [4.78, 5) is 4.27. The number of fused-ring (bicyclic) bond motifs is 1. The second-order valence-electron chi connectivity index (χ2n) is 3.60. The van der Waals surface area contributed by atoms with E-state index < -0.39 is 0 Å². The number of aromatic nitrogens is 1. The first-order valence-corrected chi connectivity index (χ1v) is 5.27. The van der Waals surface area contributed by atoms with Gasteiger partial charge in [0.1, 0.15) is 11.6 Å². The number of rotatable bonds is 4. The molecule has 4 heteroatoms. The molecule has 4 nitrogen and oxygen atoms in total. The summed E-state index contributed by atoms with van der Waals surface area (Å²) < 4.78 is 0. The highest BCUT2D eigenvalue weighted by Gasteiger charge is 2.02. The Hall–Kier alpha value is -1.81. The average Bonchev–Trinajstić information content (AvgIpc) is 2.30. The maximum Gasteiger partial charge on any atom is 0.133 e. The molecule has 0 radical (unpaired) electrons. The third-order valence-electron chi connectivity index (χ3n) is 2.42. The van der Waals surface area contributed by atoms with Gasteiger partial charge >= 0.3 is 0 Å². The van der Waals surface area contributed by atoms with Crippen LogP contribution in [-0.4, -0.2) is 30.2 Å². The van der Waals surface area contributed by atoms with Crippen molar-refractivity contribution in [2.24, 2.45) is 0 Å². The molecular formula is C12H15N3O. The fourth-order valence-electron chi connectivity index (χ4n) is 1.60. The van der Waals surface area contributed by atoms with E-state index in [-0.39, 0.29) is 5.75 Å². The lowest BCUT2D eigenvalue weighted by molar-refractivity contribution is 0.476. The molecular weight excluding hydrogens is 202 g/mol. The van der Waals surface area contributed by atoms with Crippen LogP contribution in [0.2, 0.25) is 0 Å². The van der Waals surface area contributed by atoms with Crippen LogP contribution in [0.15, 0.2) is 30.5 Å². The minimum atomic E-state index is 0.261. The van der Waals surface area contributed by atoms with Crippen LogP contribution in [0.4, 0.5) is 5.82 Å². The second-order valence-corrected chi connectivity index (χ2v) is 3.60. The summed E-state index contributed by atoms with van der Waals surface area (Å²) in [6.07, 6.45) is 1.76. The molecule has 0 aliphatic rings. The van der Waals surface area contributed by atoms with Gasteiger partial charge in [-0.05, 0) is 30.6 Å². The van der Waals surface area contributed by atoms with Crippen LogP contribution in [-0.2, 0) is 0 Å². The van der Waals surface area contributed by atoms with Crippen molar-refractivity contribution in [2.75, 3.05) is 25.5 Å². The number of aromatic hydroxyl groups is 1. The van der Waals surface area contributed by atoms with Crippen LogP contribution in [0.5, 0.6) is 5.75 Å². The van der Waals surface area contributed by atoms with Gasteiger partial charge in [0.05, 0.1) is 0 Å². The molecule has 16 heavy (non-hydrogen) atoms. The number of phenolic OH excluding ortho intramolecular Hbond substituents is 1. The summed E-state index contributed by atoms with van der Waals surface area (Å²) >= 11 is 0. The number of hydrogen-bond acceptors (Lipinski definition) is 4. The number of likely N-dealkylation sites (N-methyl/N-ethyl adjacent to an activating group) is 1. The molecule has 2 rings (SSSR count). The van der Waals surface area contributed by atoms with Gasteiger partial charge in [0.15, 0.2) is 0 Å². The maximum atomic E-state index is 9.46. The summed E-state index contributed by atoms with van der Waals surface area (Å²) in [5, 5.41) is 17.8. The van der Waals surface area contributed by atoms with Crippen LogP contribution in [0, 0.1) is 0 Å². The van der Waals surface area contributed by atoms with Crippen LogP contribution in [0.3, 0.4) is 0 Å². The largest absolute Gasteiger partial charge is 0.508 e. The summed E-state index contributed by atoms with van der Waals surface area (Å²) in [5.41, 5.74) is 0. The lowest BCUT2D eigenvalue weighted by Crippen LogP contribution is -2.18. The lowest BCUT2D eigenvalue weighted by Gasteiger charge is -2.08. The third kappa shape index (κ3) is 2.23. The van der Waals surface area contributed by atoms with E-state index in [0.717, 1.165) is 29.7 Å². The zero-order valence-electron chi connectivity index (χ0n) is 9.20. The summed E-state index contributed by atoms with van der Waals surface area (Å²) in [6.45, 7) is 1.68. The number of nitrogens with zero attached hydrogens (tertiary/aromatic N) is 1. The van der Waals surface area contributed by atoms with Crippen LogP contribution in [0.1, 0.15) is 0 Å². The molecule has 0 aliphatic heterocycles. The van der Waals surface area contributed by atoms with Gasteiger partial charge in [-0.25, -0.2) is 4.98 Å². The molecule has 1 aromatic heterocycles. The van der Waals surface area contributed by atoms with E-state index in [1.807, 2.05) is 19.2 Å². The zero-order chi connectivity index (χ0) is 11.4. The van der Waals surface area contributed by atoms with E-state index in [1.165, 1.54) is 0 Å². The van der Waals surface area contributed by atoms with Gasteiger partial charge in [-0.1, -0.05) is 6.07 Å². The van der Waals surface area contributed by atoms with Crippen molar-refractivity contribution in [3.8, 4) is 5.75 Å². The molecule has 1 aromatic carbocycles. The van der Waals surface area contributed by atoms with E-state index in [9.17, 15) is 5.11 Å². The summed E-state index contributed by atoms with van der Waals surface area (Å²) in [5.74, 6) is 1.07. The average molecular weight is 217 g/mol. The van der Waals surface area contributed by atoms with Crippen molar-refractivity contribution in [2.45, 2.75) is 0 Å². The molecule has 0 saturated carbocycles. The highest BCUT2D eigenvalue weighted by molar-refractivity contribution is 5.92. The van der Waals surface area contributed by atoms with Gasteiger partial charge in [0, 0.05) is 24.7 Å². The number of anilines is 1. The highest BCUT2D eigenvalue weighted by Crippen LogP contribution is 2.24. The van der Waals surface area contributed by atoms with E-state index >= 15 is 0 Å². The van der Waals surface area contributed by atoms with E-state index in [4.69, 9.17) is 0 Å². The van der Waals surface area contributed by atoms with Gasteiger partial charge in [0.2, 0.25) is 0 Å². The Morgan fingerprint density at radius 3 is 2.94 bits per heavy atom. The van der Waals surface area contributed by atoms with Crippen molar-refractivity contribution in [1.82, 2.24) is 10.3 Å². The van der Waals surface area contributed by atoms with E-state index in [2.05, 4.69) is 15.6 Å². The SMILES string of the molecule is CNCCNc1nccc2ccc(O)cc12. The van der Waals surface area contributed by atoms with Crippen molar-refractivity contribution in [1.29, 1.82) is 0 Å². The van der Waals surface area contributed by atoms with E-state index in [1.54, 1.807) is 18.3 Å². The standard InChI is InChI=1S/C12H15N3O/c1-13-6-7-15-12-11-8-10(16)3-2-9(11)4-5-14-12/h2-5,8,13,16H,6-7H2,1H3,(H,14,15). The Morgan fingerprint density at radius 2 is 2.12 bits per heavy atom. The monoisotopic (exact) mass is 217 g/mol. The number of benzene rings is 1. The molecule has 0 saturated heterocycles. The number of nitrogens with one attached hydrogen (secondary N) is 2. The number of hydrogen-bond donors (Lipinski definition) is 3.